The summed E-state index contributed by atoms with van der Waals surface area (Å²) in [4.78, 5) is 43.0. The monoisotopic (exact) mass is 520 g/mol. The number of nitrogens with zero attached hydrogens (tertiary/aromatic N) is 1. The Hall–Kier alpha value is -2.68. The maximum absolute atomic E-state index is 14.2. The van der Waals surface area contributed by atoms with Gasteiger partial charge in [0.15, 0.2) is 23.0 Å². The first-order chi connectivity index (χ1) is 17.9. The van der Waals surface area contributed by atoms with Crippen LogP contribution in [0.1, 0.15) is 63.7 Å². The quantitative estimate of drug-likeness (QED) is 0.627. The third-order valence-electron chi connectivity index (χ3n) is 10.2. The van der Waals surface area contributed by atoms with Crippen LogP contribution in [0.5, 0.6) is 0 Å². The summed E-state index contributed by atoms with van der Waals surface area (Å²) in [6.45, 7) is 7.63. The maximum atomic E-state index is 14.2. The normalized spacial score (nSPS) is 42.4. The topological polar surface area (TPSA) is 115 Å². The summed E-state index contributed by atoms with van der Waals surface area (Å²) in [5, 5.41) is 14.5. The number of aliphatic hydroxyl groups excluding tert-OH is 1. The third-order valence-corrected chi connectivity index (χ3v) is 10.2. The Labute approximate surface area is 222 Å². The molecule has 202 valence electrons. The van der Waals surface area contributed by atoms with Gasteiger partial charge in [-0.15, -0.1) is 0 Å². The number of fused-ring (bicyclic) bond motifs is 7. The van der Waals surface area contributed by atoms with Gasteiger partial charge in [0.1, 0.15) is 0 Å². The fraction of sp³-hybridized carbons (Fsp3) is 0.600. The summed E-state index contributed by atoms with van der Waals surface area (Å²) in [6.07, 6.45) is 9.88. The Morgan fingerprint density at radius 2 is 2.03 bits per heavy atom. The Bertz CT molecular complexity index is 1260. The summed E-state index contributed by atoms with van der Waals surface area (Å²) < 4.78 is 13.0. The molecule has 4 aliphatic carbocycles. The van der Waals surface area contributed by atoms with Crippen molar-refractivity contribution >= 4 is 17.5 Å². The highest BCUT2D eigenvalue weighted by Gasteiger charge is 2.76. The molecule has 1 aliphatic heterocycles. The number of allylic oxidation sites excluding steroid dienone is 4. The molecule has 0 spiro atoms. The molecule has 0 bridgehead atoms. The van der Waals surface area contributed by atoms with Gasteiger partial charge in [0.2, 0.25) is 0 Å². The first-order valence-corrected chi connectivity index (χ1v) is 13.6. The lowest BCUT2D eigenvalue weighted by Crippen LogP contribution is -2.64. The Morgan fingerprint density at radius 1 is 1.24 bits per heavy atom. The van der Waals surface area contributed by atoms with Crippen LogP contribution in [0.15, 0.2) is 48.3 Å². The zero-order valence-corrected chi connectivity index (χ0v) is 22.4. The van der Waals surface area contributed by atoms with E-state index in [0.717, 1.165) is 18.4 Å². The van der Waals surface area contributed by atoms with Crippen LogP contribution in [0.2, 0.25) is 0 Å². The van der Waals surface area contributed by atoms with Gasteiger partial charge in [0.25, 0.3) is 5.91 Å². The molecular formula is C30H36N2O6. The lowest BCUT2D eigenvalue weighted by atomic mass is 9.46. The molecule has 1 aromatic rings. The van der Waals surface area contributed by atoms with E-state index >= 15 is 0 Å². The minimum atomic E-state index is -1.29. The van der Waals surface area contributed by atoms with Crippen LogP contribution in [0.4, 0.5) is 0 Å². The zero-order chi connectivity index (χ0) is 27.1. The number of Topliss-reactive ketones (excluding diaryl/α,β-unsaturated/α-hetero) is 1. The van der Waals surface area contributed by atoms with E-state index in [1.165, 1.54) is 6.20 Å². The summed E-state index contributed by atoms with van der Waals surface area (Å²) in [5.41, 5.74) is -0.906. The largest absolute Gasteiger partial charge is 0.393 e. The van der Waals surface area contributed by atoms with Crippen molar-refractivity contribution in [2.75, 3.05) is 6.54 Å². The van der Waals surface area contributed by atoms with E-state index in [0.29, 0.717) is 18.4 Å². The van der Waals surface area contributed by atoms with Crippen LogP contribution in [0, 0.1) is 28.6 Å². The molecule has 6 rings (SSSR count). The first kappa shape index (κ1) is 25.6. The van der Waals surface area contributed by atoms with Gasteiger partial charge < -0.3 is 19.9 Å². The van der Waals surface area contributed by atoms with E-state index in [9.17, 15) is 19.5 Å². The molecule has 4 fully saturated rings. The average Bonchev–Trinajstić information content (AvgIpc) is 3.28. The van der Waals surface area contributed by atoms with Crippen molar-refractivity contribution in [3.8, 4) is 0 Å². The van der Waals surface area contributed by atoms with Gasteiger partial charge >= 0.3 is 0 Å². The number of hydrogen-bond donors (Lipinski definition) is 2. The number of rotatable bonds is 4. The summed E-state index contributed by atoms with van der Waals surface area (Å²) >= 11 is 0. The maximum Gasteiger partial charge on any atom is 0.253 e. The molecule has 1 saturated heterocycles. The van der Waals surface area contributed by atoms with Crippen molar-refractivity contribution in [1.82, 2.24) is 10.3 Å². The third kappa shape index (κ3) is 3.46. The van der Waals surface area contributed by atoms with Crippen molar-refractivity contribution in [3.63, 3.8) is 0 Å². The molecule has 8 heteroatoms. The van der Waals surface area contributed by atoms with Crippen LogP contribution in [-0.4, -0.2) is 57.7 Å². The second-order valence-corrected chi connectivity index (χ2v) is 12.6. The number of nitrogens with one attached hydrogen (secondary N) is 1. The molecule has 5 aliphatic rings. The van der Waals surface area contributed by atoms with E-state index in [1.807, 2.05) is 19.9 Å². The molecule has 38 heavy (non-hydrogen) atoms. The number of ketones is 2. The highest BCUT2D eigenvalue weighted by molar-refractivity contribution is 6.01. The molecule has 2 N–H and O–H groups in total. The molecule has 5 unspecified atom stereocenters. The van der Waals surface area contributed by atoms with Gasteiger partial charge in [0.05, 0.1) is 24.3 Å². The fourth-order valence-electron chi connectivity index (χ4n) is 8.81. The number of aromatic nitrogens is 1. The smallest absolute Gasteiger partial charge is 0.253 e. The van der Waals surface area contributed by atoms with Crippen molar-refractivity contribution in [2.45, 2.75) is 77.0 Å². The second kappa shape index (κ2) is 8.41. The van der Waals surface area contributed by atoms with Crippen molar-refractivity contribution in [2.24, 2.45) is 28.6 Å². The van der Waals surface area contributed by atoms with Crippen molar-refractivity contribution < 1.29 is 29.0 Å². The fourth-order valence-corrected chi connectivity index (χ4v) is 8.81. The second-order valence-electron chi connectivity index (χ2n) is 12.6. The molecule has 0 radical (unpaired) electrons. The number of hydrogen-bond acceptors (Lipinski definition) is 7. The summed E-state index contributed by atoms with van der Waals surface area (Å²) in [6, 6.07) is 3.32. The van der Waals surface area contributed by atoms with E-state index in [-0.39, 0.29) is 41.8 Å². The van der Waals surface area contributed by atoms with Crippen LogP contribution < -0.4 is 5.32 Å². The summed E-state index contributed by atoms with van der Waals surface area (Å²) in [7, 11) is 0. The molecule has 1 amide bonds. The number of aliphatic hydroxyl groups is 1. The average molecular weight is 521 g/mol. The van der Waals surface area contributed by atoms with Crippen LogP contribution in [0.25, 0.3) is 0 Å². The lowest BCUT2D eigenvalue weighted by molar-refractivity contribution is -0.224. The number of amides is 1. The molecule has 2 heterocycles. The number of pyridine rings is 1. The van der Waals surface area contributed by atoms with Gasteiger partial charge in [-0.05, 0) is 75.7 Å². The predicted molar refractivity (Wildman–Crippen MR) is 138 cm³/mol. The van der Waals surface area contributed by atoms with E-state index in [2.05, 4.69) is 24.1 Å². The Kier molecular flexibility index (Phi) is 5.66. The number of carbonyl (C=O) groups excluding carboxylic acids is 3. The molecule has 0 aromatic carbocycles. The SMILES string of the molecule is CC1(C)O[C@@H]2CC3C4CCC5=CC(=O)C=CC5(C)C4[C@@H](O)CC3(C)[C@]2(C(=O)CNC(=O)c2cccnc2)O1. The van der Waals surface area contributed by atoms with E-state index < -0.39 is 34.4 Å². The van der Waals surface area contributed by atoms with Gasteiger partial charge in [-0.3, -0.25) is 19.4 Å². The van der Waals surface area contributed by atoms with Crippen LogP contribution >= 0.6 is 0 Å². The standard InChI is InChI=1S/C30H36N2O6/c1-27(2)37-24-13-21-20-8-7-18-12-19(33)9-10-28(18,3)25(20)22(34)14-29(21,4)30(24,38-27)23(35)16-32-26(36)17-6-5-11-31-15-17/h5-6,9-12,15,20-22,24-25,34H,7-8,13-14,16H2,1-4H3,(H,32,36)/t20?,21?,22-,24+,25?,28?,29?,30+/m0/s1. The van der Waals surface area contributed by atoms with Gasteiger partial charge in [0, 0.05) is 29.1 Å². The minimum Gasteiger partial charge on any atom is -0.393 e. The van der Waals surface area contributed by atoms with Crippen molar-refractivity contribution in [3.05, 3.63) is 53.9 Å². The Morgan fingerprint density at radius 3 is 2.76 bits per heavy atom. The van der Waals surface area contributed by atoms with E-state index in [1.54, 1.807) is 30.5 Å². The minimum absolute atomic E-state index is 0.00312. The highest BCUT2D eigenvalue weighted by atomic mass is 16.8. The van der Waals surface area contributed by atoms with Crippen molar-refractivity contribution in [1.29, 1.82) is 0 Å². The molecule has 3 saturated carbocycles. The first-order valence-electron chi connectivity index (χ1n) is 13.6. The molecule has 8 nitrogen and oxygen atoms in total. The molecule has 8 atom stereocenters. The molecular weight excluding hydrogens is 484 g/mol. The number of ether oxygens (including phenoxy) is 2. The van der Waals surface area contributed by atoms with E-state index in [4.69, 9.17) is 9.47 Å². The van der Waals surface area contributed by atoms with Gasteiger partial charge in [-0.2, -0.15) is 0 Å². The van der Waals surface area contributed by atoms with Crippen LogP contribution in [-0.2, 0) is 19.1 Å². The highest BCUT2D eigenvalue weighted by Crippen LogP contribution is 2.70. The van der Waals surface area contributed by atoms with Crippen LogP contribution in [0.3, 0.4) is 0 Å². The lowest BCUT2D eigenvalue weighted by Gasteiger charge is -2.60. The van der Waals surface area contributed by atoms with Gasteiger partial charge in [-0.1, -0.05) is 25.5 Å². The predicted octanol–water partition coefficient (Wildman–Crippen LogP) is 3.16. The molecule has 1 aromatic heterocycles. The summed E-state index contributed by atoms with van der Waals surface area (Å²) in [5.74, 6) is -1.41. The van der Waals surface area contributed by atoms with Gasteiger partial charge in [-0.25, -0.2) is 0 Å². The Balaban J connectivity index is 1.33. The zero-order valence-electron chi connectivity index (χ0n) is 22.4. The number of carbonyl (C=O) groups is 3.